The van der Waals surface area contributed by atoms with Gasteiger partial charge in [-0.25, -0.2) is 0 Å². The predicted molar refractivity (Wildman–Crippen MR) is 78.3 cm³/mol. The molecule has 1 atom stereocenters. The van der Waals surface area contributed by atoms with Crippen LogP contribution >= 0.6 is 27.3 Å². The summed E-state index contributed by atoms with van der Waals surface area (Å²) in [4.78, 5) is 0. The van der Waals surface area contributed by atoms with E-state index in [1.807, 2.05) is 35.0 Å². The van der Waals surface area contributed by atoms with Gasteiger partial charge in [0.25, 0.3) is 0 Å². The molecule has 0 radical (unpaired) electrons. The van der Waals surface area contributed by atoms with Crippen molar-refractivity contribution in [1.82, 2.24) is 0 Å². The van der Waals surface area contributed by atoms with Gasteiger partial charge in [-0.05, 0) is 45.4 Å². The van der Waals surface area contributed by atoms with E-state index in [2.05, 4.69) is 22.9 Å². The van der Waals surface area contributed by atoms with E-state index in [1.165, 1.54) is 0 Å². The van der Waals surface area contributed by atoms with Crippen molar-refractivity contribution in [2.45, 2.75) is 19.4 Å². The van der Waals surface area contributed by atoms with Crippen LogP contribution in [0, 0.1) is 0 Å². The molecule has 1 aromatic heterocycles. The zero-order valence-corrected chi connectivity index (χ0v) is 12.5. The van der Waals surface area contributed by atoms with Crippen molar-refractivity contribution in [3.63, 3.8) is 0 Å². The molecule has 0 fully saturated rings. The number of hydrogen-bond acceptors (Lipinski definition) is 3. The lowest BCUT2D eigenvalue weighted by Gasteiger charge is -2.12. The summed E-state index contributed by atoms with van der Waals surface area (Å²) in [5.74, 6) is 0.805. The standard InChI is InChI=1S/C14H15BrO2S/c1-2-6-17-11-5-3-4-10(7-11)14(16)12-8-18-9-13(12)15/h3-5,7-9,14,16H,2,6H2,1H3. The van der Waals surface area contributed by atoms with Crippen LogP contribution in [-0.2, 0) is 0 Å². The Kier molecular flexibility index (Phi) is 4.80. The van der Waals surface area contributed by atoms with E-state index < -0.39 is 6.10 Å². The summed E-state index contributed by atoms with van der Waals surface area (Å²) in [7, 11) is 0. The fraction of sp³-hybridized carbons (Fsp3) is 0.286. The SMILES string of the molecule is CCCOc1cccc(C(O)c2cscc2Br)c1. The highest BCUT2D eigenvalue weighted by atomic mass is 79.9. The second-order valence-corrected chi connectivity index (χ2v) is 5.60. The minimum Gasteiger partial charge on any atom is -0.494 e. The normalized spacial score (nSPS) is 12.4. The van der Waals surface area contributed by atoms with E-state index in [4.69, 9.17) is 4.74 Å². The number of aliphatic hydroxyl groups excluding tert-OH is 1. The average Bonchev–Trinajstić information content (AvgIpc) is 2.82. The lowest BCUT2D eigenvalue weighted by atomic mass is 10.0. The summed E-state index contributed by atoms with van der Waals surface area (Å²) in [5.41, 5.74) is 1.75. The van der Waals surface area contributed by atoms with Gasteiger partial charge in [0.1, 0.15) is 11.9 Å². The zero-order chi connectivity index (χ0) is 13.0. The second-order valence-electron chi connectivity index (χ2n) is 4.00. The maximum absolute atomic E-state index is 10.3. The Balaban J connectivity index is 2.20. The molecule has 1 N–H and O–H groups in total. The van der Waals surface area contributed by atoms with Crippen LogP contribution in [0.1, 0.15) is 30.6 Å². The van der Waals surface area contributed by atoms with Gasteiger partial charge in [0.15, 0.2) is 0 Å². The van der Waals surface area contributed by atoms with Crippen LogP contribution in [0.25, 0.3) is 0 Å². The monoisotopic (exact) mass is 326 g/mol. The van der Waals surface area contributed by atoms with E-state index in [0.29, 0.717) is 6.61 Å². The molecule has 0 aliphatic carbocycles. The van der Waals surface area contributed by atoms with Gasteiger partial charge in [-0.3, -0.25) is 0 Å². The topological polar surface area (TPSA) is 29.5 Å². The summed E-state index contributed by atoms with van der Waals surface area (Å²) in [6.07, 6.45) is 0.360. The number of aliphatic hydroxyl groups is 1. The Labute approximate surface area is 119 Å². The molecular weight excluding hydrogens is 312 g/mol. The minimum atomic E-state index is -0.615. The van der Waals surface area contributed by atoms with Gasteiger partial charge in [-0.15, -0.1) is 0 Å². The number of halogens is 1. The Bertz CT molecular complexity index is 510. The smallest absolute Gasteiger partial charge is 0.119 e. The maximum atomic E-state index is 10.3. The van der Waals surface area contributed by atoms with Crippen LogP contribution in [0.3, 0.4) is 0 Å². The highest BCUT2D eigenvalue weighted by Crippen LogP contribution is 2.32. The van der Waals surface area contributed by atoms with Crippen LogP contribution < -0.4 is 4.74 Å². The van der Waals surface area contributed by atoms with Gasteiger partial charge in [-0.2, -0.15) is 11.3 Å². The summed E-state index contributed by atoms with van der Waals surface area (Å²) in [6.45, 7) is 2.77. The predicted octanol–water partition coefficient (Wildman–Crippen LogP) is 4.38. The molecule has 1 unspecified atom stereocenters. The minimum absolute atomic E-state index is 0.615. The Morgan fingerprint density at radius 3 is 2.89 bits per heavy atom. The molecular formula is C14H15BrO2S. The van der Waals surface area contributed by atoms with Crippen LogP contribution in [0.2, 0.25) is 0 Å². The molecule has 2 aromatic rings. The molecule has 2 rings (SSSR count). The highest BCUT2D eigenvalue weighted by Gasteiger charge is 2.14. The molecule has 0 saturated carbocycles. The van der Waals surface area contributed by atoms with Crippen LogP contribution in [0.15, 0.2) is 39.5 Å². The van der Waals surface area contributed by atoms with Crippen LogP contribution in [-0.4, -0.2) is 11.7 Å². The molecule has 18 heavy (non-hydrogen) atoms. The van der Waals surface area contributed by atoms with Crippen molar-refractivity contribution in [1.29, 1.82) is 0 Å². The lowest BCUT2D eigenvalue weighted by Crippen LogP contribution is -2.00. The summed E-state index contributed by atoms with van der Waals surface area (Å²) in [5, 5.41) is 14.3. The molecule has 1 heterocycles. The first kappa shape index (κ1) is 13.6. The molecule has 0 amide bonds. The third-order valence-corrected chi connectivity index (χ3v) is 4.34. The lowest BCUT2D eigenvalue weighted by molar-refractivity contribution is 0.219. The molecule has 0 aliphatic heterocycles. The molecule has 1 aromatic carbocycles. The van der Waals surface area contributed by atoms with E-state index >= 15 is 0 Å². The Morgan fingerprint density at radius 1 is 1.39 bits per heavy atom. The fourth-order valence-corrected chi connectivity index (χ4v) is 3.19. The molecule has 0 bridgehead atoms. The first-order chi connectivity index (χ1) is 8.72. The zero-order valence-electron chi connectivity index (χ0n) is 10.1. The van der Waals surface area contributed by atoms with Gasteiger partial charge < -0.3 is 9.84 Å². The van der Waals surface area contributed by atoms with E-state index in [9.17, 15) is 5.11 Å². The van der Waals surface area contributed by atoms with Crippen molar-refractivity contribution in [3.05, 3.63) is 50.6 Å². The Morgan fingerprint density at radius 2 is 2.22 bits per heavy atom. The first-order valence-electron chi connectivity index (χ1n) is 5.84. The van der Waals surface area contributed by atoms with Gasteiger partial charge in [0.2, 0.25) is 0 Å². The van der Waals surface area contributed by atoms with Gasteiger partial charge in [-0.1, -0.05) is 19.1 Å². The van der Waals surface area contributed by atoms with Crippen molar-refractivity contribution in [2.75, 3.05) is 6.61 Å². The molecule has 96 valence electrons. The number of ether oxygens (including phenoxy) is 1. The number of thiophene rings is 1. The third-order valence-electron chi connectivity index (χ3n) is 2.58. The highest BCUT2D eigenvalue weighted by molar-refractivity contribution is 9.10. The van der Waals surface area contributed by atoms with Crippen molar-refractivity contribution >= 4 is 27.3 Å². The van der Waals surface area contributed by atoms with Gasteiger partial charge in [0.05, 0.1) is 6.61 Å². The number of rotatable bonds is 5. The van der Waals surface area contributed by atoms with E-state index in [1.54, 1.807) is 11.3 Å². The molecule has 4 heteroatoms. The summed E-state index contributed by atoms with van der Waals surface area (Å²) in [6, 6.07) is 7.62. The van der Waals surface area contributed by atoms with E-state index in [-0.39, 0.29) is 0 Å². The van der Waals surface area contributed by atoms with Crippen molar-refractivity contribution < 1.29 is 9.84 Å². The summed E-state index contributed by atoms with van der Waals surface area (Å²) >= 11 is 5.01. The largest absolute Gasteiger partial charge is 0.494 e. The molecule has 2 nitrogen and oxygen atoms in total. The quantitative estimate of drug-likeness (QED) is 0.883. The average molecular weight is 327 g/mol. The molecule has 0 spiro atoms. The maximum Gasteiger partial charge on any atom is 0.119 e. The van der Waals surface area contributed by atoms with Crippen molar-refractivity contribution in [2.24, 2.45) is 0 Å². The van der Waals surface area contributed by atoms with Crippen LogP contribution in [0.4, 0.5) is 0 Å². The fourth-order valence-electron chi connectivity index (χ4n) is 1.66. The molecule has 0 saturated heterocycles. The molecule has 0 aliphatic rings. The summed E-state index contributed by atoms with van der Waals surface area (Å²) < 4.78 is 6.52. The number of hydrogen-bond donors (Lipinski definition) is 1. The third kappa shape index (κ3) is 3.13. The first-order valence-corrected chi connectivity index (χ1v) is 7.58. The van der Waals surface area contributed by atoms with Crippen LogP contribution in [0.5, 0.6) is 5.75 Å². The number of benzene rings is 1. The van der Waals surface area contributed by atoms with Gasteiger partial charge in [0, 0.05) is 15.4 Å². The Hall–Kier alpha value is -0.840. The van der Waals surface area contributed by atoms with E-state index in [0.717, 1.165) is 27.8 Å². The van der Waals surface area contributed by atoms with Gasteiger partial charge >= 0.3 is 0 Å². The van der Waals surface area contributed by atoms with Crippen molar-refractivity contribution in [3.8, 4) is 5.75 Å². The second kappa shape index (κ2) is 6.36.